The summed E-state index contributed by atoms with van der Waals surface area (Å²) in [5.74, 6) is -0.753. The number of hydrogen-bond donors (Lipinski definition) is 1. The zero-order valence-electron chi connectivity index (χ0n) is 14.5. The first-order chi connectivity index (χ1) is 11.4. The number of ether oxygens (including phenoxy) is 4. The molecule has 1 aromatic carbocycles. The molecule has 0 saturated carbocycles. The Labute approximate surface area is 143 Å². The van der Waals surface area contributed by atoms with Crippen molar-refractivity contribution in [2.45, 2.75) is 69.8 Å². The molecule has 0 amide bonds. The normalized spacial score (nSPS) is 35.6. The van der Waals surface area contributed by atoms with Crippen molar-refractivity contribution in [3.63, 3.8) is 0 Å². The lowest BCUT2D eigenvalue weighted by Gasteiger charge is -2.37. The second-order valence-corrected chi connectivity index (χ2v) is 7.02. The van der Waals surface area contributed by atoms with E-state index in [9.17, 15) is 5.11 Å². The minimum absolute atomic E-state index is 0.355. The van der Waals surface area contributed by atoms with Crippen LogP contribution in [-0.2, 0) is 25.6 Å². The fourth-order valence-electron chi connectivity index (χ4n) is 3.36. The molecule has 0 unspecified atom stereocenters. The summed E-state index contributed by atoms with van der Waals surface area (Å²) in [6.45, 7) is 9.70. The van der Waals surface area contributed by atoms with Crippen molar-refractivity contribution in [2.75, 3.05) is 0 Å². The Morgan fingerprint density at radius 1 is 1.21 bits per heavy atom. The third kappa shape index (κ3) is 3.27. The van der Waals surface area contributed by atoms with Crippen LogP contribution in [0.15, 0.2) is 43.0 Å². The van der Waals surface area contributed by atoms with Crippen LogP contribution >= 0.6 is 0 Å². The van der Waals surface area contributed by atoms with Crippen LogP contribution in [0.25, 0.3) is 0 Å². The first kappa shape index (κ1) is 17.6. The SMILES string of the molecule is C=CC[C@@H](OCc1ccccc1)[C@]1(C)O[C@@H]2OC(C)(C)O[C@@H]2[C@H]1O. The van der Waals surface area contributed by atoms with E-state index in [4.69, 9.17) is 18.9 Å². The average molecular weight is 334 g/mol. The Kier molecular flexibility index (Phi) is 4.82. The molecule has 2 saturated heterocycles. The van der Waals surface area contributed by atoms with Crippen molar-refractivity contribution >= 4 is 0 Å². The number of fused-ring (bicyclic) bond motifs is 1. The Hall–Kier alpha value is -1.24. The maximum atomic E-state index is 10.8. The highest BCUT2D eigenvalue weighted by atomic mass is 16.8. The van der Waals surface area contributed by atoms with Crippen LogP contribution in [0.4, 0.5) is 0 Å². The highest BCUT2D eigenvalue weighted by Crippen LogP contribution is 2.44. The zero-order chi connectivity index (χ0) is 17.4. The topological polar surface area (TPSA) is 57.2 Å². The van der Waals surface area contributed by atoms with E-state index < -0.39 is 29.9 Å². The van der Waals surface area contributed by atoms with Gasteiger partial charge < -0.3 is 24.1 Å². The molecule has 1 aromatic rings. The highest BCUT2D eigenvalue weighted by Gasteiger charge is 2.62. The van der Waals surface area contributed by atoms with E-state index >= 15 is 0 Å². The largest absolute Gasteiger partial charge is 0.387 e. The van der Waals surface area contributed by atoms with Crippen molar-refractivity contribution in [2.24, 2.45) is 0 Å². The smallest absolute Gasteiger partial charge is 0.190 e. The van der Waals surface area contributed by atoms with Gasteiger partial charge in [-0.05, 0) is 32.8 Å². The van der Waals surface area contributed by atoms with Crippen molar-refractivity contribution in [3.8, 4) is 0 Å². The lowest BCUT2D eigenvalue weighted by Crippen LogP contribution is -2.52. The van der Waals surface area contributed by atoms with Crippen LogP contribution in [0.1, 0.15) is 32.8 Å². The van der Waals surface area contributed by atoms with Crippen molar-refractivity contribution in [3.05, 3.63) is 48.6 Å². The number of rotatable bonds is 6. The Morgan fingerprint density at radius 3 is 2.54 bits per heavy atom. The summed E-state index contributed by atoms with van der Waals surface area (Å²) in [4.78, 5) is 0. The molecule has 2 aliphatic rings. The van der Waals surface area contributed by atoms with Crippen LogP contribution in [0.3, 0.4) is 0 Å². The molecule has 5 atom stereocenters. The third-order valence-electron chi connectivity index (χ3n) is 4.67. The van der Waals surface area contributed by atoms with E-state index in [2.05, 4.69) is 6.58 Å². The molecule has 5 nitrogen and oxygen atoms in total. The molecule has 0 aromatic heterocycles. The third-order valence-corrected chi connectivity index (χ3v) is 4.67. The van der Waals surface area contributed by atoms with Gasteiger partial charge in [-0.25, -0.2) is 0 Å². The van der Waals surface area contributed by atoms with Gasteiger partial charge in [0, 0.05) is 0 Å². The summed E-state index contributed by atoms with van der Waals surface area (Å²) in [6.07, 6.45) is 0.0290. The summed E-state index contributed by atoms with van der Waals surface area (Å²) in [6, 6.07) is 9.91. The van der Waals surface area contributed by atoms with Gasteiger partial charge in [-0.15, -0.1) is 6.58 Å². The van der Waals surface area contributed by atoms with Crippen molar-refractivity contribution in [1.29, 1.82) is 0 Å². The summed E-state index contributed by atoms with van der Waals surface area (Å²) in [5, 5.41) is 10.8. The van der Waals surface area contributed by atoms with E-state index in [1.807, 2.05) is 51.1 Å². The lowest BCUT2D eigenvalue weighted by atomic mass is 9.89. The van der Waals surface area contributed by atoms with E-state index in [0.717, 1.165) is 5.56 Å². The van der Waals surface area contributed by atoms with E-state index in [1.54, 1.807) is 6.08 Å². The minimum atomic E-state index is -0.922. The predicted octanol–water partition coefficient (Wildman–Crippen LogP) is 2.78. The molecular weight excluding hydrogens is 308 g/mol. The van der Waals surface area contributed by atoms with Gasteiger partial charge in [0.15, 0.2) is 12.1 Å². The number of hydrogen-bond acceptors (Lipinski definition) is 5. The molecule has 2 heterocycles. The molecule has 5 heteroatoms. The molecule has 0 bridgehead atoms. The monoisotopic (exact) mass is 334 g/mol. The van der Waals surface area contributed by atoms with Crippen molar-refractivity contribution < 1.29 is 24.1 Å². The summed E-state index contributed by atoms with van der Waals surface area (Å²) in [5.41, 5.74) is 0.144. The molecule has 0 aliphatic carbocycles. The van der Waals surface area contributed by atoms with Gasteiger partial charge in [0.1, 0.15) is 17.8 Å². The van der Waals surface area contributed by atoms with Crippen molar-refractivity contribution in [1.82, 2.24) is 0 Å². The zero-order valence-corrected chi connectivity index (χ0v) is 14.5. The quantitative estimate of drug-likeness (QED) is 0.811. The van der Waals surface area contributed by atoms with Gasteiger partial charge in [0.05, 0.1) is 12.7 Å². The van der Waals surface area contributed by atoms with Crippen LogP contribution in [0.5, 0.6) is 0 Å². The Balaban J connectivity index is 1.72. The molecular formula is C19H26O5. The average Bonchev–Trinajstić information content (AvgIpc) is 2.96. The second kappa shape index (κ2) is 6.58. The first-order valence-electron chi connectivity index (χ1n) is 8.34. The summed E-state index contributed by atoms with van der Waals surface area (Å²) < 4.78 is 23.7. The molecule has 3 rings (SSSR count). The number of aliphatic hydroxyl groups is 1. The maximum absolute atomic E-state index is 10.8. The van der Waals surface area contributed by atoms with Crippen LogP contribution in [-0.4, -0.2) is 41.1 Å². The molecule has 0 radical (unpaired) electrons. The Bertz CT molecular complexity index is 572. The Morgan fingerprint density at radius 2 is 1.92 bits per heavy atom. The molecule has 0 spiro atoms. The van der Waals surface area contributed by atoms with E-state index in [-0.39, 0.29) is 6.10 Å². The van der Waals surface area contributed by atoms with Crippen LogP contribution < -0.4 is 0 Å². The van der Waals surface area contributed by atoms with E-state index in [0.29, 0.717) is 13.0 Å². The molecule has 1 N–H and O–H groups in total. The maximum Gasteiger partial charge on any atom is 0.190 e. The fourth-order valence-corrected chi connectivity index (χ4v) is 3.36. The summed E-state index contributed by atoms with van der Waals surface area (Å²) in [7, 11) is 0. The van der Waals surface area contributed by atoms with Gasteiger partial charge in [-0.3, -0.25) is 0 Å². The number of aliphatic hydroxyl groups excluding tert-OH is 1. The lowest BCUT2D eigenvalue weighted by molar-refractivity contribution is -0.258. The summed E-state index contributed by atoms with van der Waals surface area (Å²) >= 11 is 0. The fraction of sp³-hybridized carbons (Fsp3) is 0.579. The van der Waals surface area contributed by atoms with Gasteiger partial charge >= 0.3 is 0 Å². The standard InChI is InChI=1S/C19H26O5/c1-5-9-14(21-12-13-10-7-6-8-11-13)19(4)16(20)15-17(24-19)23-18(2,3)22-15/h5-8,10-11,14-17,20H,1,9,12H2,2-4H3/t14-,15-,16-,17+,19+/m1/s1. The first-order valence-corrected chi connectivity index (χ1v) is 8.34. The molecule has 2 aliphatic heterocycles. The van der Waals surface area contributed by atoms with Crippen LogP contribution in [0, 0.1) is 0 Å². The molecule has 24 heavy (non-hydrogen) atoms. The van der Waals surface area contributed by atoms with Crippen LogP contribution in [0.2, 0.25) is 0 Å². The highest BCUT2D eigenvalue weighted by molar-refractivity contribution is 5.14. The predicted molar refractivity (Wildman–Crippen MR) is 89.2 cm³/mol. The van der Waals surface area contributed by atoms with Gasteiger partial charge in [0.25, 0.3) is 0 Å². The molecule has 2 fully saturated rings. The minimum Gasteiger partial charge on any atom is -0.387 e. The van der Waals surface area contributed by atoms with Gasteiger partial charge in [-0.1, -0.05) is 36.4 Å². The second-order valence-electron chi connectivity index (χ2n) is 7.02. The number of benzene rings is 1. The van der Waals surface area contributed by atoms with Gasteiger partial charge in [-0.2, -0.15) is 0 Å². The van der Waals surface area contributed by atoms with E-state index in [1.165, 1.54) is 0 Å². The van der Waals surface area contributed by atoms with Gasteiger partial charge in [0.2, 0.25) is 0 Å². The molecule has 132 valence electrons.